The maximum absolute atomic E-state index is 13.5. The van der Waals surface area contributed by atoms with E-state index in [1.807, 2.05) is 60.7 Å². The van der Waals surface area contributed by atoms with Gasteiger partial charge in [0.05, 0.1) is 5.41 Å². The Labute approximate surface area is 213 Å². The first-order chi connectivity index (χ1) is 16.9. The van der Waals surface area contributed by atoms with Crippen LogP contribution in [-0.2, 0) is 10.2 Å². The molecule has 0 unspecified atom stereocenters. The number of primary amides is 1. The highest BCUT2D eigenvalue weighted by Gasteiger charge is 2.82. The maximum Gasteiger partial charge on any atom is 0.252 e. The minimum absolute atomic E-state index is 0.380. The monoisotopic (exact) mass is 500 g/mol. The van der Waals surface area contributed by atoms with Crippen molar-refractivity contribution in [3.8, 4) is 0 Å². The number of carbonyl (C=O) groups excluding carboxylic acids is 2. The van der Waals surface area contributed by atoms with Crippen LogP contribution in [0.2, 0.25) is 10.0 Å². The van der Waals surface area contributed by atoms with E-state index in [0.717, 1.165) is 16.7 Å². The first-order valence-corrected chi connectivity index (χ1v) is 11.9. The lowest BCUT2D eigenvalue weighted by atomic mass is 9.81. The molecule has 5 rings (SSSR count). The fraction of sp³-hybridized carbons (Fsp3) is 0.103. The molecular weight excluding hydrogens is 479 g/mol. The molecule has 2 atom stereocenters. The molecule has 174 valence electrons. The van der Waals surface area contributed by atoms with E-state index in [1.54, 1.807) is 48.5 Å². The highest BCUT2D eigenvalue weighted by atomic mass is 35.5. The molecule has 0 bridgehead atoms. The molecule has 0 spiro atoms. The van der Waals surface area contributed by atoms with Crippen LogP contribution in [0.3, 0.4) is 0 Å². The van der Waals surface area contributed by atoms with Crippen LogP contribution in [-0.4, -0.2) is 17.4 Å². The SMILES string of the molecule is NC(=O)[C@@]1(NC(=O)c2ccccc2)[C@H](c2ccccc2)C1(c1ccc(Cl)cc1)c1ccc(Cl)cc1. The van der Waals surface area contributed by atoms with Gasteiger partial charge >= 0.3 is 0 Å². The predicted molar refractivity (Wildman–Crippen MR) is 139 cm³/mol. The first kappa shape index (κ1) is 23.2. The van der Waals surface area contributed by atoms with Gasteiger partial charge in [-0.25, -0.2) is 0 Å². The average molecular weight is 501 g/mol. The molecule has 35 heavy (non-hydrogen) atoms. The van der Waals surface area contributed by atoms with Crippen LogP contribution >= 0.6 is 23.2 Å². The Morgan fingerprint density at radius 3 is 1.60 bits per heavy atom. The van der Waals surface area contributed by atoms with Crippen LogP contribution in [0.25, 0.3) is 0 Å². The summed E-state index contributed by atoms with van der Waals surface area (Å²) in [4.78, 5) is 27.0. The smallest absolute Gasteiger partial charge is 0.252 e. The van der Waals surface area contributed by atoms with Crippen LogP contribution in [0.4, 0.5) is 0 Å². The zero-order valence-electron chi connectivity index (χ0n) is 18.6. The molecule has 0 heterocycles. The van der Waals surface area contributed by atoms with Crippen molar-refractivity contribution < 1.29 is 9.59 Å². The van der Waals surface area contributed by atoms with Crippen LogP contribution < -0.4 is 11.1 Å². The second-order valence-electron chi connectivity index (χ2n) is 8.66. The van der Waals surface area contributed by atoms with E-state index in [-0.39, 0.29) is 5.91 Å². The fourth-order valence-corrected chi connectivity index (χ4v) is 5.66. The summed E-state index contributed by atoms with van der Waals surface area (Å²) in [5, 5.41) is 4.20. The lowest BCUT2D eigenvalue weighted by Crippen LogP contribution is -2.52. The minimum atomic E-state index is -1.44. The fourth-order valence-electron chi connectivity index (χ4n) is 5.41. The average Bonchev–Trinajstić information content (AvgIpc) is 3.50. The molecule has 0 aromatic heterocycles. The summed E-state index contributed by atoms with van der Waals surface area (Å²) in [6, 6.07) is 33.1. The van der Waals surface area contributed by atoms with Gasteiger partial charge in [-0.15, -0.1) is 0 Å². The number of halogens is 2. The molecular formula is C29H22Cl2N2O2. The molecule has 4 nitrogen and oxygen atoms in total. The molecule has 4 aromatic carbocycles. The predicted octanol–water partition coefficient (Wildman–Crippen LogP) is 5.73. The third kappa shape index (κ3) is 3.61. The van der Waals surface area contributed by atoms with E-state index < -0.39 is 22.8 Å². The quantitative estimate of drug-likeness (QED) is 0.354. The number of rotatable bonds is 6. The van der Waals surface area contributed by atoms with Gasteiger partial charge < -0.3 is 11.1 Å². The number of nitrogens with one attached hydrogen (secondary N) is 1. The number of hydrogen-bond donors (Lipinski definition) is 2. The number of hydrogen-bond acceptors (Lipinski definition) is 2. The van der Waals surface area contributed by atoms with Crippen molar-refractivity contribution in [2.24, 2.45) is 5.73 Å². The molecule has 3 N–H and O–H groups in total. The van der Waals surface area contributed by atoms with Crippen molar-refractivity contribution in [3.05, 3.63) is 141 Å². The zero-order chi connectivity index (χ0) is 24.6. The summed E-state index contributed by atoms with van der Waals surface area (Å²) in [6.45, 7) is 0. The van der Waals surface area contributed by atoms with E-state index in [4.69, 9.17) is 28.9 Å². The highest BCUT2D eigenvalue weighted by Crippen LogP contribution is 2.71. The van der Waals surface area contributed by atoms with E-state index in [0.29, 0.717) is 15.6 Å². The van der Waals surface area contributed by atoms with E-state index >= 15 is 0 Å². The summed E-state index contributed by atoms with van der Waals surface area (Å²) in [6.07, 6.45) is 0. The van der Waals surface area contributed by atoms with Gasteiger partial charge in [-0.05, 0) is 53.1 Å². The first-order valence-electron chi connectivity index (χ1n) is 11.2. The normalized spacial score (nSPS) is 20.1. The lowest BCUT2D eigenvalue weighted by molar-refractivity contribution is -0.121. The van der Waals surface area contributed by atoms with Gasteiger partial charge in [0, 0.05) is 21.5 Å². The Morgan fingerprint density at radius 1 is 0.686 bits per heavy atom. The number of carbonyl (C=O) groups is 2. The van der Waals surface area contributed by atoms with Crippen LogP contribution in [0.15, 0.2) is 109 Å². The molecule has 1 aliphatic rings. The van der Waals surface area contributed by atoms with Gasteiger partial charge in [-0.2, -0.15) is 0 Å². The minimum Gasteiger partial charge on any atom is -0.368 e. The van der Waals surface area contributed by atoms with Gasteiger partial charge in [-0.1, -0.05) is 96.0 Å². The molecule has 0 saturated heterocycles. The Balaban J connectivity index is 1.79. The largest absolute Gasteiger partial charge is 0.368 e. The van der Waals surface area contributed by atoms with Gasteiger partial charge in [0.15, 0.2) is 0 Å². The van der Waals surface area contributed by atoms with E-state index in [1.165, 1.54) is 0 Å². The molecule has 2 amide bonds. The molecule has 1 aliphatic carbocycles. The Morgan fingerprint density at radius 2 is 1.14 bits per heavy atom. The van der Waals surface area contributed by atoms with Crippen LogP contribution in [0, 0.1) is 0 Å². The Bertz CT molecular complexity index is 1330. The summed E-state index contributed by atoms with van der Waals surface area (Å²) in [7, 11) is 0. The van der Waals surface area contributed by atoms with Gasteiger partial charge in [-0.3, -0.25) is 9.59 Å². The van der Waals surface area contributed by atoms with Gasteiger partial charge in [0.2, 0.25) is 5.91 Å². The van der Waals surface area contributed by atoms with Crippen molar-refractivity contribution in [2.75, 3.05) is 0 Å². The number of nitrogens with two attached hydrogens (primary N) is 1. The third-order valence-corrected chi connectivity index (χ3v) is 7.38. The van der Waals surface area contributed by atoms with Crippen molar-refractivity contribution in [1.82, 2.24) is 5.32 Å². The van der Waals surface area contributed by atoms with Crippen molar-refractivity contribution in [3.63, 3.8) is 0 Å². The zero-order valence-corrected chi connectivity index (χ0v) is 20.1. The second-order valence-corrected chi connectivity index (χ2v) is 9.53. The van der Waals surface area contributed by atoms with Crippen LogP contribution in [0.1, 0.15) is 33.0 Å². The second kappa shape index (κ2) is 8.88. The summed E-state index contributed by atoms with van der Waals surface area (Å²) < 4.78 is 0. The Kier molecular flexibility index (Phi) is 5.87. The molecule has 0 aliphatic heterocycles. The summed E-state index contributed by atoms with van der Waals surface area (Å²) >= 11 is 12.4. The number of benzene rings is 4. The maximum atomic E-state index is 13.5. The number of amides is 2. The molecule has 0 radical (unpaired) electrons. The van der Waals surface area contributed by atoms with Gasteiger partial charge in [0.1, 0.15) is 5.54 Å². The molecule has 6 heteroatoms. The van der Waals surface area contributed by atoms with Gasteiger partial charge in [0.25, 0.3) is 5.91 Å². The summed E-state index contributed by atoms with van der Waals surface area (Å²) in [5.74, 6) is -1.47. The molecule has 1 fully saturated rings. The standard InChI is InChI=1S/C29H22Cl2N2O2/c30-23-15-11-21(12-16-23)28(22-13-17-24(31)18-14-22)25(19-7-3-1-4-8-19)29(28,27(32)35)33-26(34)20-9-5-2-6-10-20/h1-18,25H,(H2,32,35)(H,33,34)/t25-,29+/m1/s1. The van der Waals surface area contributed by atoms with E-state index in [9.17, 15) is 9.59 Å². The van der Waals surface area contributed by atoms with Crippen molar-refractivity contribution >= 4 is 35.0 Å². The third-order valence-electron chi connectivity index (χ3n) is 6.87. The van der Waals surface area contributed by atoms with E-state index in [2.05, 4.69) is 5.32 Å². The van der Waals surface area contributed by atoms with Crippen LogP contribution in [0.5, 0.6) is 0 Å². The highest BCUT2D eigenvalue weighted by molar-refractivity contribution is 6.30. The molecule has 4 aromatic rings. The lowest BCUT2D eigenvalue weighted by Gasteiger charge is -2.26. The van der Waals surface area contributed by atoms with Crippen molar-refractivity contribution in [1.29, 1.82) is 0 Å². The topological polar surface area (TPSA) is 72.2 Å². The Hall–Kier alpha value is -3.60. The molecule has 1 saturated carbocycles. The van der Waals surface area contributed by atoms with Crippen molar-refractivity contribution in [2.45, 2.75) is 16.9 Å². The summed E-state index contributed by atoms with van der Waals surface area (Å²) in [5.41, 5.74) is 6.70.